The molecule has 5 rings (SSSR count). The zero-order valence-electron chi connectivity index (χ0n) is 17.3. The molecule has 4 aromatic heterocycles. The van der Waals surface area contributed by atoms with E-state index < -0.39 is 11.4 Å². The smallest absolute Gasteiger partial charge is 0.341 e. The molecule has 0 radical (unpaired) electrons. The maximum Gasteiger partial charge on any atom is 0.341 e. The highest BCUT2D eigenvalue weighted by Crippen LogP contribution is 2.26. The zero-order chi connectivity index (χ0) is 23.1. The molecule has 0 atom stereocenters. The van der Waals surface area contributed by atoms with Crippen LogP contribution in [-0.4, -0.2) is 60.0 Å². The molecule has 1 saturated heterocycles. The standard InChI is InChI=1S/C21H17N7O4S/c1-11-6-15(27-7-12(8-27)25-19(30)14-4-2-3-5-22-14)26-18-16(11)17(29)13(20(31)32)9-28(18)21-23-10-24-33-21/h2-6,9-10,12H,7-8H2,1H3,(H,25,30)(H,31,32). The average Bonchev–Trinajstić information content (AvgIpc) is 3.30. The van der Waals surface area contributed by atoms with Gasteiger partial charge >= 0.3 is 5.97 Å². The number of carbonyl (C=O) groups excluding carboxylic acids is 1. The molecule has 1 aliphatic rings. The van der Waals surface area contributed by atoms with Crippen molar-refractivity contribution in [1.82, 2.24) is 29.2 Å². The van der Waals surface area contributed by atoms with Gasteiger partial charge in [0.25, 0.3) is 5.91 Å². The first kappa shape index (κ1) is 20.7. The van der Waals surface area contributed by atoms with Gasteiger partial charge in [-0.3, -0.25) is 19.1 Å². The molecular weight excluding hydrogens is 446 g/mol. The third-order valence-corrected chi connectivity index (χ3v) is 6.03. The van der Waals surface area contributed by atoms with Crippen molar-refractivity contribution >= 4 is 40.3 Å². The van der Waals surface area contributed by atoms with E-state index in [1.807, 2.05) is 4.90 Å². The normalized spacial score (nSPS) is 13.7. The fourth-order valence-electron chi connectivity index (χ4n) is 3.72. The number of aromatic nitrogens is 5. The molecular formula is C21H17N7O4S. The predicted molar refractivity (Wildman–Crippen MR) is 120 cm³/mol. The van der Waals surface area contributed by atoms with Crippen molar-refractivity contribution < 1.29 is 14.7 Å². The van der Waals surface area contributed by atoms with Crippen molar-refractivity contribution in [2.45, 2.75) is 13.0 Å². The molecule has 5 heterocycles. The third kappa shape index (κ3) is 3.69. The number of hydrogen-bond donors (Lipinski definition) is 2. The fraction of sp³-hybridized carbons (Fsp3) is 0.190. The van der Waals surface area contributed by atoms with Crippen molar-refractivity contribution in [3.63, 3.8) is 0 Å². The number of rotatable bonds is 5. The van der Waals surface area contributed by atoms with Crippen molar-refractivity contribution in [2.24, 2.45) is 0 Å². The van der Waals surface area contributed by atoms with E-state index in [1.165, 1.54) is 17.1 Å². The van der Waals surface area contributed by atoms with Gasteiger partial charge in [0, 0.05) is 37.0 Å². The van der Waals surface area contributed by atoms with Gasteiger partial charge in [-0.25, -0.2) is 14.8 Å². The van der Waals surface area contributed by atoms with Crippen LogP contribution in [0.2, 0.25) is 0 Å². The van der Waals surface area contributed by atoms with E-state index in [-0.39, 0.29) is 22.9 Å². The Balaban J connectivity index is 1.47. The van der Waals surface area contributed by atoms with Crippen molar-refractivity contribution in [2.75, 3.05) is 18.0 Å². The van der Waals surface area contributed by atoms with E-state index in [0.717, 1.165) is 11.5 Å². The van der Waals surface area contributed by atoms with Crippen LogP contribution >= 0.6 is 11.5 Å². The van der Waals surface area contributed by atoms with E-state index in [1.54, 1.807) is 37.4 Å². The summed E-state index contributed by atoms with van der Waals surface area (Å²) >= 11 is 1.06. The Morgan fingerprint density at radius 1 is 1.24 bits per heavy atom. The lowest BCUT2D eigenvalue weighted by Crippen LogP contribution is -2.59. The number of pyridine rings is 3. The number of amides is 1. The van der Waals surface area contributed by atoms with Crippen molar-refractivity contribution in [3.05, 3.63) is 70.0 Å². The summed E-state index contributed by atoms with van der Waals surface area (Å²) in [6.07, 6.45) is 4.15. The molecule has 0 aliphatic carbocycles. The van der Waals surface area contributed by atoms with Gasteiger partial charge in [-0.2, -0.15) is 4.37 Å². The summed E-state index contributed by atoms with van der Waals surface area (Å²) in [6.45, 7) is 2.81. The van der Waals surface area contributed by atoms with Gasteiger partial charge in [-0.15, -0.1) is 0 Å². The number of fused-ring (bicyclic) bond motifs is 1. The Morgan fingerprint density at radius 2 is 2.06 bits per heavy atom. The molecule has 0 spiro atoms. The van der Waals surface area contributed by atoms with Gasteiger partial charge in [0.2, 0.25) is 10.6 Å². The molecule has 2 N–H and O–H groups in total. The quantitative estimate of drug-likeness (QED) is 0.447. The van der Waals surface area contributed by atoms with E-state index in [9.17, 15) is 19.5 Å². The lowest BCUT2D eigenvalue weighted by atomic mass is 10.1. The Labute approximate surface area is 190 Å². The van der Waals surface area contributed by atoms with Crippen LogP contribution in [-0.2, 0) is 0 Å². The van der Waals surface area contributed by atoms with Gasteiger partial charge in [-0.05, 0) is 30.7 Å². The monoisotopic (exact) mass is 463 g/mol. The summed E-state index contributed by atoms with van der Waals surface area (Å²) in [7, 11) is 0. The van der Waals surface area contributed by atoms with Gasteiger partial charge in [0.15, 0.2) is 5.65 Å². The minimum atomic E-state index is -1.32. The number of nitrogens with zero attached hydrogens (tertiary/aromatic N) is 6. The maximum absolute atomic E-state index is 12.9. The molecule has 0 unspecified atom stereocenters. The fourth-order valence-corrected chi connectivity index (χ4v) is 4.23. The summed E-state index contributed by atoms with van der Waals surface area (Å²) < 4.78 is 5.45. The highest BCUT2D eigenvalue weighted by molar-refractivity contribution is 7.08. The summed E-state index contributed by atoms with van der Waals surface area (Å²) in [5, 5.41) is 13.1. The van der Waals surface area contributed by atoms with Crippen LogP contribution in [0.4, 0.5) is 5.82 Å². The number of aryl methyl sites for hydroxylation is 1. The van der Waals surface area contributed by atoms with Gasteiger partial charge in [0.1, 0.15) is 23.4 Å². The largest absolute Gasteiger partial charge is 0.477 e. The molecule has 12 heteroatoms. The lowest BCUT2D eigenvalue weighted by molar-refractivity contribution is 0.0694. The second-order valence-corrected chi connectivity index (χ2v) is 8.32. The lowest BCUT2D eigenvalue weighted by Gasteiger charge is -2.40. The summed E-state index contributed by atoms with van der Waals surface area (Å²) in [4.78, 5) is 51.6. The molecule has 1 fully saturated rings. The van der Waals surface area contributed by atoms with Gasteiger partial charge in [0.05, 0.1) is 11.4 Å². The van der Waals surface area contributed by atoms with E-state index in [2.05, 4.69) is 24.6 Å². The van der Waals surface area contributed by atoms with Gasteiger partial charge in [-0.1, -0.05) is 6.07 Å². The first-order chi connectivity index (χ1) is 15.9. The maximum atomic E-state index is 12.9. The highest BCUT2D eigenvalue weighted by atomic mass is 32.1. The predicted octanol–water partition coefficient (Wildman–Crippen LogP) is 1.26. The van der Waals surface area contributed by atoms with Crippen molar-refractivity contribution in [3.8, 4) is 5.13 Å². The molecule has 1 aliphatic heterocycles. The van der Waals surface area contributed by atoms with Crippen molar-refractivity contribution in [1.29, 1.82) is 0 Å². The Kier molecular flexibility index (Phi) is 5.05. The van der Waals surface area contributed by atoms with Gasteiger partial charge < -0.3 is 15.3 Å². The zero-order valence-corrected chi connectivity index (χ0v) is 18.1. The Hall–Kier alpha value is -4.19. The summed E-state index contributed by atoms with van der Waals surface area (Å²) in [6, 6.07) is 6.83. The highest BCUT2D eigenvalue weighted by Gasteiger charge is 2.30. The number of carboxylic acid groups (broad SMARTS) is 1. The number of hydrogen-bond acceptors (Lipinski definition) is 9. The number of nitrogens with one attached hydrogen (secondary N) is 1. The molecule has 0 saturated carbocycles. The number of carboxylic acids is 1. The molecule has 4 aromatic rings. The van der Waals surface area contributed by atoms with Crippen LogP contribution in [0.1, 0.15) is 26.4 Å². The second-order valence-electron chi connectivity index (χ2n) is 7.56. The number of carbonyl (C=O) groups is 2. The van der Waals surface area contributed by atoms with Crippen LogP contribution in [0.5, 0.6) is 0 Å². The molecule has 1 amide bonds. The van der Waals surface area contributed by atoms with Crippen LogP contribution in [0.15, 0.2) is 47.8 Å². The Bertz CT molecular complexity index is 1430. The number of anilines is 1. The average molecular weight is 463 g/mol. The Morgan fingerprint density at radius 3 is 2.73 bits per heavy atom. The van der Waals surface area contributed by atoms with Crippen LogP contribution < -0.4 is 15.6 Å². The molecule has 11 nitrogen and oxygen atoms in total. The second kappa shape index (κ2) is 8.06. The van der Waals surface area contributed by atoms with Crippen LogP contribution in [0.3, 0.4) is 0 Å². The summed E-state index contributed by atoms with van der Waals surface area (Å²) in [5.41, 5.74) is 0.293. The summed E-state index contributed by atoms with van der Waals surface area (Å²) in [5.74, 6) is -0.948. The van der Waals surface area contributed by atoms with Crippen LogP contribution in [0, 0.1) is 6.92 Å². The van der Waals surface area contributed by atoms with E-state index in [4.69, 9.17) is 0 Å². The first-order valence-corrected chi connectivity index (χ1v) is 10.7. The van der Waals surface area contributed by atoms with E-state index >= 15 is 0 Å². The topological polar surface area (TPSA) is 143 Å². The first-order valence-electron chi connectivity index (χ1n) is 9.96. The molecule has 166 valence electrons. The molecule has 33 heavy (non-hydrogen) atoms. The molecule has 0 bridgehead atoms. The number of aromatic carboxylic acids is 1. The SMILES string of the molecule is Cc1cc(N2CC(NC(=O)c3ccccn3)C2)nc2c1c(=O)c(C(=O)O)cn2-c1ncns1. The van der Waals surface area contributed by atoms with E-state index in [0.29, 0.717) is 40.9 Å². The minimum Gasteiger partial charge on any atom is -0.477 e. The van der Waals surface area contributed by atoms with Crippen LogP contribution in [0.25, 0.3) is 16.2 Å². The minimum absolute atomic E-state index is 0.0722. The molecule has 0 aromatic carbocycles. The third-order valence-electron chi connectivity index (χ3n) is 5.37.